The van der Waals surface area contributed by atoms with E-state index < -0.39 is 11.5 Å². The molecule has 0 atom stereocenters. The highest BCUT2D eigenvalue weighted by atomic mass is 35.5. The lowest BCUT2D eigenvalue weighted by molar-refractivity contribution is 0.0701. The molecule has 116 valence electrons. The van der Waals surface area contributed by atoms with Crippen molar-refractivity contribution in [1.82, 2.24) is 9.38 Å². The summed E-state index contributed by atoms with van der Waals surface area (Å²) in [6, 6.07) is 5.76. The molecule has 0 aliphatic rings. The molecule has 2 aromatic heterocycles. The standard InChI is InChI=1S/C15H8ClFN2O3S/c16-12-10(6-3-8-1-4-9(17)5-2-8)18-15-19(13(12)20)7-11(23-15)14(21)22/h1-7H,(H,21,22)/b6-3+. The van der Waals surface area contributed by atoms with Gasteiger partial charge in [-0.2, -0.15) is 0 Å². The molecule has 8 heteroatoms. The predicted molar refractivity (Wildman–Crippen MR) is 86.6 cm³/mol. The number of fused-ring (bicyclic) bond motifs is 1. The molecule has 0 saturated carbocycles. The van der Waals surface area contributed by atoms with E-state index in [0.717, 1.165) is 15.7 Å². The topological polar surface area (TPSA) is 71.7 Å². The number of aromatic carboxylic acids is 1. The molecule has 3 aromatic rings. The summed E-state index contributed by atoms with van der Waals surface area (Å²) in [4.78, 5) is 27.6. The summed E-state index contributed by atoms with van der Waals surface area (Å²) < 4.78 is 14.0. The third-order valence-electron chi connectivity index (χ3n) is 3.02. The van der Waals surface area contributed by atoms with Crippen molar-refractivity contribution >= 4 is 46.0 Å². The first-order chi connectivity index (χ1) is 11.0. The average Bonchev–Trinajstić information content (AvgIpc) is 2.95. The second kappa shape index (κ2) is 5.94. The van der Waals surface area contributed by atoms with Crippen molar-refractivity contribution in [2.24, 2.45) is 0 Å². The van der Waals surface area contributed by atoms with Crippen molar-refractivity contribution in [3.8, 4) is 0 Å². The lowest BCUT2D eigenvalue weighted by Crippen LogP contribution is -2.14. The van der Waals surface area contributed by atoms with Crippen molar-refractivity contribution in [1.29, 1.82) is 0 Å². The van der Waals surface area contributed by atoms with Gasteiger partial charge in [0.2, 0.25) is 0 Å². The molecule has 0 unspecified atom stereocenters. The minimum atomic E-state index is -1.14. The SMILES string of the molecule is O=C(O)c1cn2c(=O)c(Cl)c(/C=C/c3ccc(F)cc3)nc2s1. The van der Waals surface area contributed by atoms with Crippen LogP contribution in [-0.4, -0.2) is 20.5 Å². The van der Waals surface area contributed by atoms with E-state index in [1.165, 1.54) is 24.4 Å². The molecular formula is C15H8ClFN2O3S. The van der Waals surface area contributed by atoms with Gasteiger partial charge >= 0.3 is 5.97 Å². The summed E-state index contributed by atoms with van der Waals surface area (Å²) >= 11 is 6.88. The van der Waals surface area contributed by atoms with Gasteiger partial charge in [-0.15, -0.1) is 0 Å². The van der Waals surface area contributed by atoms with Crippen molar-refractivity contribution < 1.29 is 14.3 Å². The molecular weight excluding hydrogens is 343 g/mol. The number of rotatable bonds is 3. The number of carbonyl (C=O) groups is 1. The van der Waals surface area contributed by atoms with Gasteiger partial charge in [0, 0.05) is 6.20 Å². The van der Waals surface area contributed by atoms with Gasteiger partial charge in [-0.25, -0.2) is 14.2 Å². The molecule has 2 heterocycles. The van der Waals surface area contributed by atoms with Crippen LogP contribution in [0, 0.1) is 5.82 Å². The average molecular weight is 351 g/mol. The molecule has 0 aliphatic heterocycles. The second-order valence-electron chi connectivity index (χ2n) is 4.55. The van der Waals surface area contributed by atoms with Crippen LogP contribution in [0.2, 0.25) is 5.02 Å². The minimum Gasteiger partial charge on any atom is -0.477 e. The summed E-state index contributed by atoms with van der Waals surface area (Å²) in [5.74, 6) is -1.49. The van der Waals surface area contributed by atoms with Crippen LogP contribution in [0.1, 0.15) is 20.9 Å². The van der Waals surface area contributed by atoms with Crippen LogP contribution in [0.15, 0.2) is 35.3 Å². The molecule has 0 fully saturated rings. The molecule has 0 saturated heterocycles. The van der Waals surface area contributed by atoms with E-state index in [4.69, 9.17) is 16.7 Å². The van der Waals surface area contributed by atoms with Crippen LogP contribution < -0.4 is 5.56 Å². The van der Waals surface area contributed by atoms with E-state index >= 15 is 0 Å². The van der Waals surface area contributed by atoms with Gasteiger partial charge in [0.1, 0.15) is 15.7 Å². The Labute approximate surface area is 137 Å². The highest BCUT2D eigenvalue weighted by Gasteiger charge is 2.14. The van der Waals surface area contributed by atoms with Crippen molar-refractivity contribution in [3.63, 3.8) is 0 Å². The Kier molecular flexibility index (Phi) is 3.97. The Balaban J connectivity index is 2.07. The second-order valence-corrected chi connectivity index (χ2v) is 5.94. The number of benzene rings is 1. The van der Waals surface area contributed by atoms with E-state index in [-0.39, 0.29) is 26.4 Å². The monoisotopic (exact) mass is 350 g/mol. The zero-order valence-corrected chi connectivity index (χ0v) is 12.9. The van der Waals surface area contributed by atoms with E-state index in [1.807, 2.05) is 0 Å². The number of carboxylic acid groups (broad SMARTS) is 1. The summed E-state index contributed by atoms with van der Waals surface area (Å²) in [5, 5.41) is 8.86. The summed E-state index contributed by atoms with van der Waals surface area (Å²) in [6.45, 7) is 0. The summed E-state index contributed by atoms with van der Waals surface area (Å²) in [7, 11) is 0. The molecule has 0 spiro atoms. The van der Waals surface area contributed by atoms with E-state index in [0.29, 0.717) is 5.56 Å². The Morgan fingerprint density at radius 3 is 2.65 bits per heavy atom. The fraction of sp³-hybridized carbons (Fsp3) is 0. The van der Waals surface area contributed by atoms with Gasteiger partial charge in [-0.05, 0) is 23.8 Å². The Morgan fingerprint density at radius 1 is 1.30 bits per heavy atom. The lowest BCUT2D eigenvalue weighted by atomic mass is 10.2. The number of nitrogens with zero attached hydrogens (tertiary/aromatic N) is 2. The minimum absolute atomic E-state index is 0.00895. The number of hydrogen-bond acceptors (Lipinski definition) is 4. The van der Waals surface area contributed by atoms with Gasteiger partial charge in [-0.1, -0.05) is 41.1 Å². The van der Waals surface area contributed by atoms with Gasteiger partial charge in [-0.3, -0.25) is 9.20 Å². The van der Waals surface area contributed by atoms with Gasteiger partial charge in [0.25, 0.3) is 5.56 Å². The largest absolute Gasteiger partial charge is 0.477 e. The maximum absolute atomic E-state index is 12.9. The first-order valence-corrected chi connectivity index (χ1v) is 7.54. The Bertz CT molecular complexity index is 992. The van der Waals surface area contributed by atoms with Crippen LogP contribution in [-0.2, 0) is 0 Å². The predicted octanol–water partition coefficient (Wildman–Crippen LogP) is 3.42. The van der Waals surface area contributed by atoms with Crippen LogP contribution >= 0.6 is 22.9 Å². The maximum atomic E-state index is 12.9. The Morgan fingerprint density at radius 2 is 2.00 bits per heavy atom. The quantitative estimate of drug-likeness (QED) is 0.785. The first kappa shape index (κ1) is 15.4. The highest BCUT2D eigenvalue weighted by Crippen LogP contribution is 2.19. The van der Waals surface area contributed by atoms with E-state index in [9.17, 15) is 14.0 Å². The number of carboxylic acids is 1. The maximum Gasteiger partial charge on any atom is 0.347 e. The van der Waals surface area contributed by atoms with Crippen molar-refractivity contribution in [3.05, 3.63) is 67.8 Å². The van der Waals surface area contributed by atoms with Crippen LogP contribution in [0.25, 0.3) is 17.1 Å². The molecule has 0 aliphatic carbocycles. The molecule has 0 bridgehead atoms. The lowest BCUT2D eigenvalue weighted by Gasteiger charge is -1.99. The van der Waals surface area contributed by atoms with Crippen LogP contribution in [0.4, 0.5) is 4.39 Å². The molecule has 5 nitrogen and oxygen atoms in total. The number of halogens is 2. The fourth-order valence-electron chi connectivity index (χ4n) is 1.89. The smallest absolute Gasteiger partial charge is 0.347 e. The summed E-state index contributed by atoms with van der Waals surface area (Å²) in [6.07, 6.45) is 4.35. The first-order valence-electron chi connectivity index (χ1n) is 6.34. The van der Waals surface area contributed by atoms with Crippen molar-refractivity contribution in [2.75, 3.05) is 0 Å². The van der Waals surface area contributed by atoms with E-state index in [2.05, 4.69) is 4.98 Å². The molecule has 1 aromatic carbocycles. The zero-order valence-electron chi connectivity index (χ0n) is 11.4. The van der Waals surface area contributed by atoms with Gasteiger partial charge in [0.05, 0.1) is 5.69 Å². The number of thiazole rings is 1. The molecule has 1 N–H and O–H groups in total. The molecule has 0 radical (unpaired) electrons. The third kappa shape index (κ3) is 3.01. The molecule has 23 heavy (non-hydrogen) atoms. The van der Waals surface area contributed by atoms with Crippen molar-refractivity contribution in [2.45, 2.75) is 0 Å². The Hall–Kier alpha value is -2.51. The number of aromatic nitrogens is 2. The molecule has 0 amide bonds. The normalized spacial score (nSPS) is 11.4. The van der Waals surface area contributed by atoms with Gasteiger partial charge in [0.15, 0.2) is 4.96 Å². The van der Waals surface area contributed by atoms with Crippen LogP contribution in [0.5, 0.6) is 0 Å². The zero-order chi connectivity index (χ0) is 16.6. The highest BCUT2D eigenvalue weighted by molar-refractivity contribution is 7.18. The third-order valence-corrected chi connectivity index (χ3v) is 4.34. The van der Waals surface area contributed by atoms with E-state index in [1.54, 1.807) is 18.2 Å². The fourth-order valence-corrected chi connectivity index (χ4v) is 2.91. The van der Waals surface area contributed by atoms with Gasteiger partial charge < -0.3 is 5.11 Å². The number of hydrogen-bond donors (Lipinski definition) is 1. The van der Waals surface area contributed by atoms with Crippen LogP contribution in [0.3, 0.4) is 0 Å². The summed E-state index contributed by atoms with van der Waals surface area (Å²) in [5.41, 5.74) is 0.390. The molecule has 3 rings (SSSR count).